The zero-order valence-electron chi connectivity index (χ0n) is 14.1. The Balaban J connectivity index is 3.06. The van der Waals surface area contributed by atoms with Crippen LogP contribution in [-0.2, 0) is 19.1 Å². The Morgan fingerprint density at radius 1 is 1.24 bits per heavy atom. The highest BCUT2D eigenvalue weighted by molar-refractivity contribution is 6.06. The molecule has 0 saturated heterocycles. The summed E-state index contributed by atoms with van der Waals surface area (Å²) in [6, 6.07) is 0. The van der Waals surface area contributed by atoms with Gasteiger partial charge in [-0.15, -0.1) is 0 Å². The topological polar surface area (TPSA) is 60.4 Å². The van der Waals surface area contributed by atoms with Gasteiger partial charge in [-0.05, 0) is 24.8 Å². The minimum atomic E-state index is -0.720. The molecule has 0 aromatic heterocycles. The fraction of sp³-hybridized carbons (Fsp3) is 0.706. The Bertz CT molecular complexity index is 495. The van der Waals surface area contributed by atoms with E-state index in [1.54, 1.807) is 6.92 Å². The highest BCUT2D eigenvalue weighted by Gasteiger charge is 2.42. The van der Waals surface area contributed by atoms with Crippen molar-refractivity contribution in [2.75, 3.05) is 0 Å². The van der Waals surface area contributed by atoms with E-state index in [-0.39, 0.29) is 17.5 Å². The van der Waals surface area contributed by atoms with Gasteiger partial charge in [0.1, 0.15) is 5.78 Å². The normalized spacial score (nSPS) is 20.4. The van der Waals surface area contributed by atoms with E-state index in [0.29, 0.717) is 12.0 Å². The SMILES string of the molecule is CC(C)C(=O)C(C)(C)CC(C)(C)C1=CC(=O)C(C)OC1=O. The average Bonchev–Trinajstić information content (AvgIpc) is 2.31. The van der Waals surface area contributed by atoms with Crippen LogP contribution in [0.4, 0.5) is 0 Å². The number of rotatable bonds is 5. The van der Waals surface area contributed by atoms with E-state index in [1.165, 1.54) is 6.08 Å². The summed E-state index contributed by atoms with van der Waals surface area (Å²) < 4.78 is 5.08. The van der Waals surface area contributed by atoms with Crippen molar-refractivity contribution >= 4 is 17.5 Å². The molecular formula is C17H26O4. The van der Waals surface area contributed by atoms with Crippen LogP contribution in [-0.4, -0.2) is 23.6 Å². The van der Waals surface area contributed by atoms with Crippen LogP contribution in [0.5, 0.6) is 0 Å². The average molecular weight is 294 g/mol. The number of esters is 1. The Labute approximate surface area is 126 Å². The first kappa shape index (κ1) is 17.6. The number of carbonyl (C=O) groups excluding carboxylic acids is 3. The molecule has 0 aliphatic carbocycles. The molecular weight excluding hydrogens is 268 g/mol. The smallest absolute Gasteiger partial charge is 0.335 e. The zero-order valence-corrected chi connectivity index (χ0v) is 14.1. The van der Waals surface area contributed by atoms with Crippen molar-refractivity contribution in [3.8, 4) is 0 Å². The van der Waals surface area contributed by atoms with Gasteiger partial charge in [0.05, 0.1) is 0 Å². The van der Waals surface area contributed by atoms with Crippen molar-refractivity contribution < 1.29 is 19.1 Å². The van der Waals surface area contributed by atoms with Gasteiger partial charge >= 0.3 is 5.97 Å². The van der Waals surface area contributed by atoms with Crippen molar-refractivity contribution in [3.05, 3.63) is 11.6 Å². The minimum Gasteiger partial charge on any atom is -0.451 e. The minimum absolute atomic E-state index is 0.0651. The van der Waals surface area contributed by atoms with Gasteiger partial charge in [0.15, 0.2) is 11.9 Å². The highest BCUT2D eigenvalue weighted by atomic mass is 16.5. The van der Waals surface area contributed by atoms with Crippen LogP contribution in [0.1, 0.15) is 54.9 Å². The molecule has 0 N–H and O–H groups in total. The molecule has 1 unspecified atom stereocenters. The van der Waals surface area contributed by atoms with Gasteiger partial charge in [-0.2, -0.15) is 0 Å². The molecule has 1 rings (SSSR count). The van der Waals surface area contributed by atoms with Crippen molar-refractivity contribution in [1.82, 2.24) is 0 Å². The first-order valence-electron chi connectivity index (χ1n) is 7.40. The van der Waals surface area contributed by atoms with Crippen LogP contribution >= 0.6 is 0 Å². The summed E-state index contributed by atoms with van der Waals surface area (Å²) in [4.78, 5) is 36.2. The third-order valence-corrected chi connectivity index (χ3v) is 4.00. The predicted octanol–water partition coefficient (Wildman–Crippen LogP) is 3.09. The van der Waals surface area contributed by atoms with Crippen LogP contribution in [0.15, 0.2) is 11.6 Å². The molecule has 1 aliphatic heterocycles. The lowest BCUT2D eigenvalue weighted by Gasteiger charge is -2.37. The molecule has 0 bridgehead atoms. The van der Waals surface area contributed by atoms with Gasteiger partial charge < -0.3 is 4.74 Å². The van der Waals surface area contributed by atoms with Gasteiger partial charge in [0, 0.05) is 16.9 Å². The van der Waals surface area contributed by atoms with Crippen molar-refractivity contribution in [2.24, 2.45) is 16.7 Å². The van der Waals surface area contributed by atoms with Crippen LogP contribution in [0.2, 0.25) is 0 Å². The molecule has 0 aromatic carbocycles. The monoisotopic (exact) mass is 294 g/mol. The second kappa shape index (κ2) is 5.74. The predicted molar refractivity (Wildman–Crippen MR) is 80.7 cm³/mol. The third-order valence-electron chi connectivity index (χ3n) is 4.00. The van der Waals surface area contributed by atoms with E-state index in [9.17, 15) is 14.4 Å². The highest BCUT2D eigenvalue weighted by Crippen LogP contribution is 2.42. The summed E-state index contributed by atoms with van der Waals surface area (Å²) >= 11 is 0. The second-order valence-electron chi connectivity index (χ2n) is 7.47. The van der Waals surface area contributed by atoms with E-state index >= 15 is 0 Å². The van der Waals surface area contributed by atoms with Crippen LogP contribution in [0.25, 0.3) is 0 Å². The molecule has 1 aliphatic rings. The lowest BCUT2D eigenvalue weighted by molar-refractivity contribution is -0.152. The zero-order chi connectivity index (χ0) is 16.6. The molecule has 0 fully saturated rings. The number of Topliss-reactive ketones (excluding diaryl/α,β-unsaturated/α-hetero) is 1. The molecule has 1 heterocycles. The molecule has 0 amide bonds. The van der Waals surface area contributed by atoms with Gasteiger partial charge in [-0.3, -0.25) is 9.59 Å². The molecule has 21 heavy (non-hydrogen) atoms. The summed E-state index contributed by atoms with van der Waals surface area (Å²) in [5, 5.41) is 0. The van der Waals surface area contributed by atoms with E-state index in [1.807, 2.05) is 41.5 Å². The van der Waals surface area contributed by atoms with Crippen LogP contribution in [0, 0.1) is 16.7 Å². The Morgan fingerprint density at radius 3 is 2.24 bits per heavy atom. The van der Waals surface area contributed by atoms with E-state index in [2.05, 4.69) is 0 Å². The van der Waals surface area contributed by atoms with Gasteiger partial charge in [0.2, 0.25) is 0 Å². The van der Waals surface area contributed by atoms with E-state index in [4.69, 9.17) is 4.74 Å². The number of cyclic esters (lactones) is 1. The lowest BCUT2D eigenvalue weighted by Crippen LogP contribution is -2.39. The number of hydrogen-bond acceptors (Lipinski definition) is 4. The number of ether oxygens (including phenoxy) is 1. The molecule has 0 saturated carbocycles. The molecule has 4 heteroatoms. The van der Waals surface area contributed by atoms with Crippen molar-refractivity contribution in [2.45, 2.75) is 61.0 Å². The van der Waals surface area contributed by atoms with Crippen molar-refractivity contribution in [1.29, 1.82) is 0 Å². The largest absolute Gasteiger partial charge is 0.451 e. The second-order valence-corrected chi connectivity index (χ2v) is 7.47. The molecule has 4 nitrogen and oxygen atoms in total. The number of ketones is 2. The molecule has 0 spiro atoms. The maximum atomic E-state index is 12.3. The number of hydrogen-bond donors (Lipinski definition) is 0. The van der Waals surface area contributed by atoms with Gasteiger partial charge in [0.25, 0.3) is 0 Å². The van der Waals surface area contributed by atoms with E-state index < -0.39 is 22.9 Å². The molecule has 0 radical (unpaired) electrons. The summed E-state index contributed by atoms with van der Waals surface area (Å²) in [7, 11) is 0. The Kier molecular flexibility index (Phi) is 4.81. The lowest BCUT2D eigenvalue weighted by atomic mass is 9.67. The van der Waals surface area contributed by atoms with Crippen molar-refractivity contribution in [3.63, 3.8) is 0 Å². The summed E-state index contributed by atoms with van der Waals surface area (Å²) in [6.45, 7) is 12.8. The van der Waals surface area contributed by atoms with Crippen LogP contribution < -0.4 is 0 Å². The summed E-state index contributed by atoms with van der Waals surface area (Å²) in [5.41, 5.74) is -0.804. The van der Waals surface area contributed by atoms with E-state index in [0.717, 1.165) is 0 Å². The Hall–Kier alpha value is -1.45. The standard InChI is InChI=1S/C17H26O4/c1-10(2)14(19)17(6,7)9-16(4,5)12-8-13(18)11(3)21-15(12)20/h8,10-11H,9H2,1-7H3. The quantitative estimate of drug-likeness (QED) is 0.731. The fourth-order valence-electron chi connectivity index (χ4n) is 3.14. The molecule has 0 aromatic rings. The third kappa shape index (κ3) is 3.80. The fourth-order valence-corrected chi connectivity index (χ4v) is 3.14. The first-order chi connectivity index (χ1) is 9.38. The van der Waals surface area contributed by atoms with Crippen LogP contribution in [0.3, 0.4) is 0 Å². The summed E-state index contributed by atoms with van der Waals surface area (Å²) in [6.07, 6.45) is 1.15. The van der Waals surface area contributed by atoms with Gasteiger partial charge in [-0.1, -0.05) is 41.5 Å². The molecule has 118 valence electrons. The van der Waals surface area contributed by atoms with Gasteiger partial charge in [-0.25, -0.2) is 4.79 Å². The maximum absolute atomic E-state index is 12.3. The summed E-state index contributed by atoms with van der Waals surface area (Å²) in [5.74, 6) is -0.574. The molecule has 1 atom stereocenters. The number of carbonyl (C=O) groups is 3. The first-order valence-corrected chi connectivity index (χ1v) is 7.40. The Morgan fingerprint density at radius 2 is 1.76 bits per heavy atom. The maximum Gasteiger partial charge on any atom is 0.335 e.